The summed E-state index contributed by atoms with van der Waals surface area (Å²) >= 11 is 0. The van der Waals surface area contributed by atoms with Crippen molar-refractivity contribution in [3.8, 4) is 0 Å². The SMILES string of the molecule is CC(C)CC(CN)C(=O)NC1(C(=O)O)CCOCC1. The Balaban J connectivity index is 2.72. The van der Waals surface area contributed by atoms with Crippen molar-refractivity contribution in [1.82, 2.24) is 5.32 Å². The number of carboxylic acid groups (broad SMARTS) is 1. The van der Waals surface area contributed by atoms with Crippen LogP contribution < -0.4 is 11.1 Å². The van der Waals surface area contributed by atoms with Crippen LogP contribution in [0.1, 0.15) is 33.1 Å². The van der Waals surface area contributed by atoms with Gasteiger partial charge in [0.1, 0.15) is 5.54 Å². The summed E-state index contributed by atoms with van der Waals surface area (Å²) in [6.07, 6.45) is 1.26. The number of nitrogens with one attached hydrogen (secondary N) is 1. The highest BCUT2D eigenvalue weighted by Crippen LogP contribution is 2.22. The average Bonchev–Trinajstić information content (AvgIpc) is 2.36. The number of hydrogen-bond acceptors (Lipinski definition) is 4. The first kappa shape index (κ1) is 15.9. The first-order valence-corrected chi connectivity index (χ1v) is 6.74. The van der Waals surface area contributed by atoms with Crippen molar-refractivity contribution < 1.29 is 19.4 Å². The largest absolute Gasteiger partial charge is 0.480 e. The lowest BCUT2D eigenvalue weighted by Gasteiger charge is -2.35. The van der Waals surface area contributed by atoms with E-state index in [0.717, 1.165) is 0 Å². The third kappa shape index (κ3) is 4.18. The summed E-state index contributed by atoms with van der Waals surface area (Å²) in [5.74, 6) is -1.25. The van der Waals surface area contributed by atoms with Crippen molar-refractivity contribution >= 4 is 11.9 Å². The molecule has 6 nitrogen and oxygen atoms in total. The van der Waals surface area contributed by atoms with E-state index < -0.39 is 11.5 Å². The number of ether oxygens (including phenoxy) is 1. The second kappa shape index (κ2) is 6.86. The van der Waals surface area contributed by atoms with Crippen LogP contribution in [-0.2, 0) is 14.3 Å². The highest BCUT2D eigenvalue weighted by atomic mass is 16.5. The van der Waals surface area contributed by atoms with Gasteiger partial charge in [0.25, 0.3) is 0 Å². The van der Waals surface area contributed by atoms with E-state index >= 15 is 0 Å². The van der Waals surface area contributed by atoms with Gasteiger partial charge in [-0.05, 0) is 12.3 Å². The Morgan fingerprint density at radius 1 is 1.37 bits per heavy atom. The van der Waals surface area contributed by atoms with Crippen molar-refractivity contribution in [3.63, 3.8) is 0 Å². The van der Waals surface area contributed by atoms with Gasteiger partial charge in [-0.2, -0.15) is 0 Å². The van der Waals surface area contributed by atoms with Crippen molar-refractivity contribution in [3.05, 3.63) is 0 Å². The molecule has 1 atom stereocenters. The number of aliphatic carboxylic acids is 1. The number of nitrogens with two attached hydrogens (primary N) is 1. The molecule has 0 radical (unpaired) electrons. The molecule has 0 aromatic carbocycles. The Bertz CT molecular complexity index is 325. The summed E-state index contributed by atoms with van der Waals surface area (Å²) in [6, 6.07) is 0. The highest BCUT2D eigenvalue weighted by Gasteiger charge is 2.42. The molecule has 1 fully saturated rings. The Morgan fingerprint density at radius 2 is 1.95 bits per heavy atom. The lowest BCUT2D eigenvalue weighted by molar-refractivity contribution is -0.152. The van der Waals surface area contributed by atoms with Crippen LogP contribution in [0.25, 0.3) is 0 Å². The third-order valence-corrected chi connectivity index (χ3v) is 3.53. The topological polar surface area (TPSA) is 102 Å². The molecule has 1 aliphatic rings. The highest BCUT2D eigenvalue weighted by molar-refractivity contribution is 5.88. The van der Waals surface area contributed by atoms with Gasteiger partial charge >= 0.3 is 5.97 Å². The van der Waals surface area contributed by atoms with Crippen LogP contribution in [0.15, 0.2) is 0 Å². The van der Waals surface area contributed by atoms with Gasteiger partial charge < -0.3 is 20.9 Å². The maximum absolute atomic E-state index is 12.2. The summed E-state index contributed by atoms with van der Waals surface area (Å²) in [4.78, 5) is 23.6. The molecule has 0 aromatic rings. The van der Waals surface area contributed by atoms with Gasteiger partial charge in [0, 0.05) is 32.6 Å². The molecule has 1 saturated heterocycles. The number of carbonyl (C=O) groups is 2. The normalized spacial score (nSPS) is 20.0. The van der Waals surface area contributed by atoms with Crippen molar-refractivity contribution in [2.24, 2.45) is 17.6 Å². The molecule has 1 rings (SSSR count). The predicted molar refractivity (Wildman–Crippen MR) is 70.6 cm³/mol. The van der Waals surface area contributed by atoms with E-state index in [1.807, 2.05) is 13.8 Å². The fraction of sp³-hybridized carbons (Fsp3) is 0.846. The second-order valence-electron chi connectivity index (χ2n) is 5.55. The number of carbonyl (C=O) groups excluding carboxylic acids is 1. The summed E-state index contributed by atoms with van der Waals surface area (Å²) in [7, 11) is 0. The molecule has 6 heteroatoms. The van der Waals surface area contributed by atoms with Crippen molar-refractivity contribution in [1.29, 1.82) is 0 Å². The van der Waals surface area contributed by atoms with Gasteiger partial charge in [-0.15, -0.1) is 0 Å². The summed E-state index contributed by atoms with van der Waals surface area (Å²) in [6.45, 7) is 4.96. The van der Waals surface area contributed by atoms with Gasteiger partial charge in [-0.1, -0.05) is 13.8 Å². The molecule has 1 amide bonds. The molecular weight excluding hydrogens is 248 g/mol. The van der Waals surface area contributed by atoms with Crippen LogP contribution in [0.3, 0.4) is 0 Å². The van der Waals surface area contributed by atoms with Crippen LogP contribution in [-0.4, -0.2) is 42.3 Å². The smallest absolute Gasteiger partial charge is 0.329 e. The van der Waals surface area contributed by atoms with Gasteiger partial charge in [0.05, 0.1) is 5.92 Å². The molecule has 4 N–H and O–H groups in total. The molecule has 1 heterocycles. The number of carboxylic acids is 1. The molecule has 0 aliphatic carbocycles. The fourth-order valence-corrected chi connectivity index (χ4v) is 2.33. The summed E-state index contributed by atoms with van der Waals surface area (Å²) in [5, 5.41) is 12.1. The molecule has 1 unspecified atom stereocenters. The van der Waals surface area contributed by atoms with E-state index in [1.54, 1.807) is 0 Å². The maximum Gasteiger partial charge on any atom is 0.329 e. The molecule has 0 saturated carbocycles. The lowest BCUT2D eigenvalue weighted by atomic mass is 9.88. The van der Waals surface area contributed by atoms with Gasteiger partial charge in [0.2, 0.25) is 5.91 Å². The zero-order valence-corrected chi connectivity index (χ0v) is 11.6. The van der Waals surface area contributed by atoms with Crippen LogP contribution in [0.4, 0.5) is 0 Å². The van der Waals surface area contributed by atoms with E-state index in [4.69, 9.17) is 10.5 Å². The number of amides is 1. The van der Waals surface area contributed by atoms with Crippen LogP contribution in [0.2, 0.25) is 0 Å². The molecule has 0 spiro atoms. The van der Waals surface area contributed by atoms with E-state index in [1.165, 1.54) is 0 Å². The van der Waals surface area contributed by atoms with Crippen LogP contribution in [0.5, 0.6) is 0 Å². The Labute approximate surface area is 113 Å². The predicted octanol–water partition coefficient (Wildman–Crippen LogP) is 0.357. The standard InChI is InChI=1S/C13H24N2O4/c1-9(2)7-10(8-14)11(16)15-13(12(17)18)3-5-19-6-4-13/h9-10H,3-8,14H2,1-2H3,(H,15,16)(H,17,18). The zero-order valence-electron chi connectivity index (χ0n) is 11.6. The van der Waals surface area contributed by atoms with Gasteiger partial charge in [-0.25, -0.2) is 4.79 Å². The van der Waals surface area contributed by atoms with E-state index in [-0.39, 0.29) is 18.4 Å². The van der Waals surface area contributed by atoms with Crippen molar-refractivity contribution in [2.45, 2.75) is 38.6 Å². The van der Waals surface area contributed by atoms with Crippen molar-refractivity contribution in [2.75, 3.05) is 19.8 Å². The maximum atomic E-state index is 12.2. The quantitative estimate of drug-likeness (QED) is 0.648. The van der Waals surface area contributed by atoms with Gasteiger partial charge in [0.15, 0.2) is 0 Å². The summed E-state index contributed by atoms with van der Waals surface area (Å²) in [5.41, 5.74) is 4.42. The molecular formula is C13H24N2O4. The third-order valence-electron chi connectivity index (χ3n) is 3.53. The molecule has 19 heavy (non-hydrogen) atoms. The minimum atomic E-state index is -1.19. The fourth-order valence-electron chi connectivity index (χ4n) is 2.33. The molecule has 1 aliphatic heterocycles. The number of hydrogen-bond donors (Lipinski definition) is 3. The first-order chi connectivity index (χ1) is 8.91. The second-order valence-corrected chi connectivity index (χ2v) is 5.55. The average molecular weight is 272 g/mol. The monoisotopic (exact) mass is 272 g/mol. The first-order valence-electron chi connectivity index (χ1n) is 6.74. The zero-order chi connectivity index (χ0) is 14.5. The minimum absolute atomic E-state index is 0.232. The Kier molecular flexibility index (Phi) is 5.75. The lowest BCUT2D eigenvalue weighted by Crippen LogP contribution is -2.59. The molecule has 0 aromatic heterocycles. The molecule has 0 bridgehead atoms. The summed E-state index contributed by atoms with van der Waals surface area (Å²) < 4.78 is 5.17. The van der Waals surface area contributed by atoms with Crippen LogP contribution >= 0.6 is 0 Å². The number of rotatable bonds is 6. The Hall–Kier alpha value is -1.14. The minimum Gasteiger partial charge on any atom is -0.480 e. The van der Waals surface area contributed by atoms with E-state index in [0.29, 0.717) is 38.4 Å². The van der Waals surface area contributed by atoms with E-state index in [9.17, 15) is 14.7 Å². The Morgan fingerprint density at radius 3 is 2.37 bits per heavy atom. The van der Waals surface area contributed by atoms with E-state index in [2.05, 4.69) is 5.32 Å². The van der Waals surface area contributed by atoms with Gasteiger partial charge in [-0.3, -0.25) is 4.79 Å². The van der Waals surface area contributed by atoms with Crippen LogP contribution in [0, 0.1) is 11.8 Å². The molecule has 110 valence electrons.